The minimum Gasteiger partial charge on any atom is -0.0619 e. The summed E-state index contributed by atoms with van der Waals surface area (Å²) in [6, 6.07) is 68.1. The van der Waals surface area contributed by atoms with E-state index in [9.17, 15) is 0 Å². The molecule has 0 saturated carbocycles. The molecule has 0 amide bonds. The zero-order valence-corrected chi connectivity index (χ0v) is 29.8. The maximum absolute atomic E-state index is 2.49. The lowest BCUT2D eigenvalue weighted by atomic mass is 9.80. The summed E-state index contributed by atoms with van der Waals surface area (Å²) in [4.78, 5) is 0. The largest absolute Gasteiger partial charge is 0.0619 e. The van der Waals surface area contributed by atoms with Crippen molar-refractivity contribution in [1.29, 1.82) is 0 Å². The van der Waals surface area contributed by atoms with E-state index in [0.717, 1.165) is 0 Å². The number of hydrogen-bond donors (Lipinski definition) is 0. The van der Waals surface area contributed by atoms with E-state index in [1.54, 1.807) is 0 Å². The first-order valence-corrected chi connectivity index (χ1v) is 18.7. The molecule has 0 atom stereocenters. The van der Waals surface area contributed by atoms with Crippen LogP contribution in [0.15, 0.2) is 182 Å². The molecule has 0 bridgehead atoms. The van der Waals surface area contributed by atoms with Gasteiger partial charge in [-0.25, -0.2) is 0 Å². The summed E-state index contributed by atoms with van der Waals surface area (Å²) < 4.78 is 0. The SMILES string of the molecule is CC1(C)c2ccccc2-c2ccc(-c3c4ccccc4c(-c4cc5ccccc5c5ccccc45)c4cc(-c5cccc6ccccc56)ccc34)cc21. The molecule has 1 aliphatic carbocycles. The van der Waals surface area contributed by atoms with Crippen LogP contribution in [0.25, 0.3) is 98.4 Å². The third-order valence-electron chi connectivity index (χ3n) is 12.0. The first kappa shape index (κ1) is 30.2. The Bertz CT molecular complexity index is 3130. The fourth-order valence-electron chi connectivity index (χ4n) is 9.55. The molecule has 0 heteroatoms. The predicted octanol–water partition coefficient (Wildman–Crippen LogP) is 14.8. The summed E-state index contributed by atoms with van der Waals surface area (Å²) in [6.45, 7) is 4.75. The van der Waals surface area contributed by atoms with Gasteiger partial charge in [-0.3, -0.25) is 0 Å². The molecule has 0 unspecified atom stereocenters. The lowest BCUT2D eigenvalue weighted by molar-refractivity contribution is 0.660. The van der Waals surface area contributed by atoms with Gasteiger partial charge in [0.2, 0.25) is 0 Å². The van der Waals surface area contributed by atoms with E-state index >= 15 is 0 Å². The Kier molecular flexibility index (Phi) is 6.40. The van der Waals surface area contributed by atoms with E-state index < -0.39 is 0 Å². The molecule has 0 N–H and O–H groups in total. The van der Waals surface area contributed by atoms with E-state index in [1.807, 2.05) is 0 Å². The molecule has 1 aliphatic rings. The molecule has 0 radical (unpaired) electrons. The minimum atomic E-state index is -0.0843. The molecule has 0 aromatic heterocycles. The summed E-state index contributed by atoms with van der Waals surface area (Å²) in [5.74, 6) is 0. The van der Waals surface area contributed by atoms with Gasteiger partial charge in [-0.1, -0.05) is 178 Å². The second-order valence-electron chi connectivity index (χ2n) is 15.2. The lowest BCUT2D eigenvalue weighted by Crippen LogP contribution is -2.14. The van der Waals surface area contributed by atoms with Crippen LogP contribution in [-0.4, -0.2) is 0 Å². The Morgan fingerprint density at radius 2 is 0.849 bits per heavy atom. The molecule has 0 aliphatic heterocycles. The molecule has 0 nitrogen and oxygen atoms in total. The van der Waals surface area contributed by atoms with Crippen molar-refractivity contribution in [1.82, 2.24) is 0 Å². The molecular weight excluding hydrogens is 637 g/mol. The van der Waals surface area contributed by atoms with E-state index in [1.165, 1.54) is 109 Å². The summed E-state index contributed by atoms with van der Waals surface area (Å²) >= 11 is 0. The Morgan fingerprint density at radius 3 is 1.68 bits per heavy atom. The second kappa shape index (κ2) is 11.2. The summed E-state index contributed by atoms with van der Waals surface area (Å²) in [5.41, 5.74) is 13.0. The first-order chi connectivity index (χ1) is 26.1. The molecule has 0 heterocycles. The first-order valence-electron chi connectivity index (χ1n) is 18.7. The average Bonchev–Trinajstić information content (AvgIpc) is 3.44. The smallest absolute Gasteiger partial charge is 0.0159 e. The fourth-order valence-corrected chi connectivity index (χ4v) is 9.55. The molecule has 53 heavy (non-hydrogen) atoms. The third-order valence-corrected chi connectivity index (χ3v) is 12.0. The van der Waals surface area contributed by atoms with Crippen LogP contribution >= 0.6 is 0 Å². The highest BCUT2D eigenvalue weighted by molar-refractivity contribution is 6.26. The predicted molar refractivity (Wildman–Crippen MR) is 228 cm³/mol. The van der Waals surface area contributed by atoms with Crippen molar-refractivity contribution >= 4 is 53.9 Å². The number of fused-ring (bicyclic) bond motifs is 9. The van der Waals surface area contributed by atoms with Gasteiger partial charge in [0.15, 0.2) is 0 Å². The Hall–Kier alpha value is -6.50. The van der Waals surface area contributed by atoms with Crippen LogP contribution in [0.1, 0.15) is 25.0 Å². The van der Waals surface area contributed by atoms with Crippen LogP contribution in [0.4, 0.5) is 0 Å². The average molecular weight is 673 g/mol. The van der Waals surface area contributed by atoms with Gasteiger partial charge in [0.25, 0.3) is 0 Å². The Labute approximate surface area is 309 Å². The highest BCUT2D eigenvalue weighted by atomic mass is 14.4. The van der Waals surface area contributed by atoms with Gasteiger partial charge in [-0.15, -0.1) is 0 Å². The molecule has 11 rings (SSSR count). The Balaban J connectivity index is 1.28. The van der Waals surface area contributed by atoms with Crippen LogP contribution in [0.2, 0.25) is 0 Å². The summed E-state index contributed by atoms with van der Waals surface area (Å²) in [7, 11) is 0. The molecule has 10 aromatic carbocycles. The van der Waals surface area contributed by atoms with Crippen molar-refractivity contribution in [2.45, 2.75) is 19.3 Å². The minimum absolute atomic E-state index is 0.0843. The van der Waals surface area contributed by atoms with Gasteiger partial charge in [-0.05, 0) is 128 Å². The highest BCUT2D eigenvalue weighted by Gasteiger charge is 2.35. The Morgan fingerprint density at radius 1 is 0.283 bits per heavy atom. The number of rotatable bonds is 3. The van der Waals surface area contributed by atoms with Crippen LogP contribution in [-0.2, 0) is 5.41 Å². The standard InChI is InChI=1S/C53H36/c1-53(2)49-25-12-11-21-42(49)43-28-27-36(32-50(43)53)51-44-22-9-10-23-45(44)52(47-30-34-15-4-6-18-39(34)40-19-7-8-20-41(40)47)48-31-35(26-29-46(48)51)38-24-13-16-33-14-3-5-17-37(33)38/h3-32H,1-2H3. The van der Waals surface area contributed by atoms with Crippen molar-refractivity contribution in [3.63, 3.8) is 0 Å². The van der Waals surface area contributed by atoms with Gasteiger partial charge in [0.05, 0.1) is 0 Å². The van der Waals surface area contributed by atoms with Crippen LogP contribution < -0.4 is 0 Å². The zero-order chi connectivity index (χ0) is 35.3. The normalized spacial score (nSPS) is 13.2. The van der Waals surface area contributed by atoms with Gasteiger partial charge in [0, 0.05) is 5.41 Å². The molecule has 0 fully saturated rings. The van der Waals surface area contributed by atoms with Crippen molar-refractivity contribution in [2.75, 3.05) is 0 Å². The maximum atomic E-state index is 2.49. The summed E-state index contributed by atoms with van der Waals surface area (Å²) in [5, 5.41) is 12.7. The van der Waals surface area contributed by atoms with Crippen LogP contribution in [0.3, 0.4) is 0 Å². The third kappa shape index (κ3) is 4.36. The fraction of sp³-hybridized carbons (Fsp3) is 0.0566. The molecule has 0 spiro atoms. The maximum Gasteiger partial charge on any atom is 0.0159 e. The van der Waals surface area contributed by atoms with Crippen molar-refractivity contribution < 1.29 is 0 Å². The quantitative estimate of drug-likeness (QED) is 0.129. The van der Waals surface area contributed by atoms with Crippen molar-refractivity contribution in [3.05, 3.63) is 193 Å². The molecule has 248 valence electrons. The van der Waals surface area contributed by atoms with Crippen LogP contribution in [0.5, 0.6) is 0 Å². The van der Waals surface area contributed by atoms with E-state index in [4.69, 9.17) is 0 Å². The monoisotopic (exact) mass is 672 g/mol. The van der Waals surface area contributed by atoms with Gasteiger partial charge in [0.1, 0.15) is 0 Å². The van der Waals surface area contributed by atoms with E-state index in [-0.39, 0.29) is 5.41 Å². The van der Waals surface area contributed by atoms with Gasteiger partial charge < -0.3 is 0 Å². The van der Waals surface area contributed by atoms with Crippen molar-refractivity contribution in [2.24, 2.45) is 0 Å². The number of benzene rings is 10. The summed E-state index contributed by atoms with van der Waals surface area (Å²) in [6.07, 6.45) is 0. The topological polar surface area (TPSA) is 0 Å². The van der Waals surface area contributed by atoms with Gasteiger partial charge in [-0.2, -0.15) is 0 Å². The lowest BCUT2D eigenvalue weighted by Gasteiger charge is -2.23. The highest BCUT2D eigenvalue weighted by Crippen LogP contribution is 2.52. The zero-order valence-electron chi connectivity index (χ0n) is 29.8. The van der Waals surface area contributed by atoms with E-state index in [0.29, 0.717) is 0 Å². The second-order valence-corrected chi connectivity index (χ2v) is 15.2. The molecule has 0 saturated heterocycles. The van der Waals surface area contributed by atoms with Crippen molar-refractivity contribution in [3.8, 4) is 44.5 Å². The van der Waals surface area contributed by atoms with Crippen LogP contribution in [0, 0.1) is 0 Å². The van der Waals surface area contributed by atoms with Gasteiger partial charge >= 0.3 is 0 Å². The number of hydrogen-bond acceptors (Lipinski definition) is 0. The van der Waals surface area contributed by atoms with E-state index in [2.05, 4.69) is 196 Å². The molecular formula is C53H36. The molecule has 10 aromatic rings.